The first kappa shape index (κ1) is 66.3. The van der Waals surface area contributed by atoms with E-state index in [0.29, 0.717) is 62.0 Å². The summed E-state index contributed by atoms with van der Waals surface area (Å²) in [5, 5.41) is 18.1. The van der Waals surface area contributed by atoms with Crippen molar-refractivity contribution in [1.29, 1.82) is 10.5 Å². The largest absolute Gasteiger partial charge is 0.573 e. The Balaban J connectivity index is 1.10. The van der Waals surface area contributed by atoms with Crippen LogP contribution in [-0.2, 0) is 30.1 Å². The summed E-state index contributed by atoms with van der Waals surface area (Å²) in [6, 6.07) is 41.6. The highest BCUT2D eigenvalue weighted by atomic mass is 35.5. The van der Waals surface area contributed by atoms with E-state index in [1.807, 2.05) is 59.3 Å². The summed E-state index contributed by atoms with van der Waals surface area (Å²) in [6.07, 6.45) is -2.11. The van der Waals surface area contributed by atoms with Crippen LogP contribution in [0.5, 0.6) is 5.75 Å². The second kappa shape index (κ2) is 27.3. The maximum Gasteiger partial charge on any atom is 0.573 e. The molecule has 3 saturated heterocycles. The third-order valence-corrected chi connectivity index (χ3v) is 22.1. The summed E-state index contributed by atoms with van der Waals surface area (Å²) in [5.41, 5.74) is -2.74. The predicted molar refractivity (Wildman–Crippen MR) is 343 cm³/mol. The third-order valence-electron chi connectivity index (χ3n) is 16.9. The van der Waals surface area contributed by atoms with E-state index in [-0.39, 0.29) is 92.9 Å². The highest BCUT2D eigenvalue weighted by Gasteiger charge is 2.50. The molecule has 0 aromatic heterocycles. The van der Waals surface area contributed by atoms with Gasteiger partial charge < -0.3 is 19.4 Å². The van der Waals surface area contributed by atoms with Gasteiger partial charge in [-0.15, -0.1) is 13.2 Å². The Labute approximate surface area is 542 Å². The van der Waals surface area contributed by atoms with Crippen LogP contribution in [0.25, 0.3) is 0 Å². The average Bonchev–Trinajstić information content (AvgIpc) is 0.731. The number of halogens is 5. The smallest absolute Gasteiger partial charge is 0.404 e. The molecule has 478 valence electrons. The predicted octanol–water partition coefficient (Wildman–Crippen LogP) is 12.4. The monoisotopic (exact) mass is 1350 g/mol. The van der Waals surface area contributed by atoms with Gasteiger partial charge in [0.05, 0.1) is 56.5 Å². The highest BCUT2D eigenvalue weighted by molar-refractivity contribution is 7.99. The van der Waals surface area contributed by atoms with Crippen molar-refractivity contribution >= 4 is 88.1 Å². The summed E-state index contributed by atoms with van der Waals surface area (Å²) in [6.45, 7) is 2.51. The molecule has 0 radical (unpaired) electrons. The number of nitrogens with zero attached hydrogens (tertiary/aromatic N) is 7. The maximum absolute atomic E-state index is 16.3. The normalized spacial score (nSPS) is 15.8. The first-order valence-corrected chi connectivity index (χ1v) is 34.9. The number of hydrogen-bond acceptors (Lipinski definition) is 12. The van der Waals surface area contributed by atoms with E-state index >= 15 is 25.3 Å². The number of hydrogen-bond donors (Lipinski definition) is 1. The van der Waals surface area contributed by atoms with Gasteiger partial charge in [-0.2, -0.15) is 10.5 Å². The Morgan fingerprint density at radius 1 is 0.565 bits per heavy atom. The molecule has 3 aliphatic heterocycles. The minimum absolute atomic E-state index is 0.0103. The quantitative estimate of drug-likeness (QED) is 0.0838. The number of carbonyl (C=O) groups is 3. The molecule has 1 N–H and O–H groups in total. The van der Waals surface area contributed by atoms with Gasteiger partial charge in [0.15, 0.2) is 5.75 Å². The van der Waals surface area contributed by atoms with Gasteiger partial charge in [0.2, 0.25) is 10.0 Å². The van der Waals surface area contributed by atoms with Gasteiger partial charge >= 0.3 is 6.36 Å². The van der Waals surface area contributed by atoms with Crippen molar-refractivity contribution in [3.8, 4) is 17.9 Å². The highest BCUT2D eigenvalue weighted by Crippen LogP contribution is 2.43. The lowest BCUT2D eigenvalue weighted by molar-refractivity contribution is -0.274. The molecule has 3 heterocycles. The first-order chi connectivity index (χ1) is 43.7. The number of piperidine rings is 3. The van der Waals surface area contributed by atoms with Gasteiger partial charge in [-0.25, -0.2) is 33.9 Å². The van der Waals surface area contributed by atoms with E-state index in [4.69, 9.17) is 23.2 Å². The standard InChI is InChI=1S/C66H61Cl2F3N8O10S3/c1-43-8-13-53(63(81)76-32-26-49(27-33-76)46-6-4-3-5-7-46)39-59(43)79(92(87,88)56-22-20-55(67)21-23-56)65(78(90(2,83)84)60-40-54(18-24-57(60)68)64(82)77-36-30-51(31-37-77)48-16-11-45(42-73)12-17-48)91(85,86)74-58-38-52(19-25-61(58)89-66(69,70)71)62(80)75-34-28-50(29-35-75)47-14-9-44(41-72)10-15-47/h3-25,38-40,49-51,65,74H,26-37H2,1-2H3. The number of sulfonamides is 3. The number of ether oxygens (including phenoxy) is 1. The number of rotatable bonds is 17. The van der Waals surface area contributed by atoms with Gasteiger partial charge in [-0.05, 0) is 183 Å². The van der Waals surface area contributed by atoms with Crippen LogP contribution in [-0.4, -0.2) is 115 Å². The van der Waals surface area contributed by atoms with Gasteiger partial charge in [0, 0.05) is 61.0 Å². The molecule has 18 nitrogen and oxygen atoms in total. The molecule has 92 heavy (non-hydrogen) atoms. The number of nitriles is 2. The molecule has 3 aliphatic rings. The Morgan fingerprint density at radius 2 is 0.989 bits per heavy atom. The zero-order chi connectivity index (χ0) is 65.9. The molecule has 10 rings (SSSR count). The lowest BCUT2D eigenvalue weighted by Crippen LogP contribution is -2.59. The number of anilines is 3. The Kier molecular flexibility index (Phi) is 19.6. The summed E-state index contributed by atoms with van der Waals surface area (Å²) < 4.78 is 145. The molecule has 0 aliphatic carbocycles. The molecule has 1 unspecified atom stereocenters. The molecule has 7 aromatic carbocycles. The number of aryl methyl sites for hydroxylation is 1. The fourth-order valence-corrected chi connectivity index (χ4v) is 17.7. The van der Waals surface area contributed by atoms with Crippen molar-refractivity contribution in [3.63, 3.8) is 0 Å². The summed E-state index contributed by atoms with van der Waals surface area (Å²) in [5.74, 6) is -3.22. The van der Waals surface area contributed by atoms with E-state index < -0.39 is 92.4 Å². The molecule has 0 spiro atoms. The zero-order valence-electron chi connectivity index (χ0n) is 49.6. The number of likely N-dealkylation sites (tertiary alicyclic amines) is 3. The van der Waals surface area contributed by atoms with Gasteiger partial charge in [0.1, 0.15) is 0 Å². The summed E-state index contributed by atoms with van der Waals surface area (Å²) in [7, 11) is -17.0. The molecule has 0 saturated carbocycles. The van der Waals surface area contributed by atoms with Crippen LogP contribution >= 0.6 is 23.2 Å². The summed E-state index contributed by atoms with van der Waals surface area (Å²) in [4.78, 5) is 47.6. The number of amides is 3. The van der Waals surface area contributed by atoms with Crippen molar-refractivity contribution < 1.29 is 57.5 Å². The molecule has 0 bridgehead atoms. The second-order valence-electron chi connectivity index (χ2n) is 22.8. The Bertz CT molecular complexity index is 4360. The maximum atomic E-state index is 16.3. The van der Waals surface area contributed by atoms with E-state index in [0.717, 1.165) is 71.3 Å². The fourth-order valence-electron chi connectivity index (χ4n) is 12.0. The molecule has 1 atom stereocenters. The van der Waals surface area contributed by atoms with Crippen molar-refractivity contribution in [2.45, 2.75) is 80.0 Å². The van der Waals surface area contributed by atoms with Crippen molar-refractivity contribution in [1.82, 2.24) is 14.7 Å². The number of carbonyl (C=O) groups excluding carboxylic acids is 3. The Morgan fingerprint density at radius 3 is 1.43 bits per heavy atom. The third kappa shape index (κ3) is 14.8. The van der Waals surface area contributed by atoms with Crippen molar-refractivity contribution in [3.05, 3.63) is 218 Å². The zero-order valence-corrected chi connectivity index (χ0v) is 53.6. The van der Waals surface area contributed by atoms with Crippen molar-refractivity contribution in [2.75, 3.05) is 58.9 Å². The molecule has 3 fully saturated rings. The SMILES string of the molecule is Cc1ccc(C(=O)N2CCC(c3ccccc3)CC2)cc1N(C(N(c1cc(C(=O)N2CCC(c3ccc(C#N)cc3)CC2)ccc1Cl)S(C)(=O)=O)S(=O)(=O)Nc1cc(C(=O)N2CCC(c3ccc(C#N)cc3)CC2)ccc1OC(F)(F)F)S(=O)(=O)c1ccc(Cl)cc1. The molecular weight excluding hydrogens is 1290 g/mol. The van der Waals surface area contributed by atoms with Crippen LogP contribution in [0.15, 0.2) is 163 Å². The van der Waals surface area contributed by atoms with E-state index in [1.54, 1.807) is 24.3 Å². The number of benzene rings is 7. The topological polar surface area (TPSA) is 239 Å². The van der Waals surface area contributed by atoms with Crippen LogP contribution in [0.4, 0.5) is 30.2 Å². The van der Waals surface area contributed by atoms with E-state index in [9.17, 15) is 38.1 Å². The lowest BCUT2D eigenvalue weighted by Gasteiger charge is -2.40. The van der Waals surface area contributed by atoms with Crippen LogP contribution in [0, 0.1) is 29.6 Å². The minimum Gasteiger partial charge on any atom is -0.404 e. The van der Waals surface area contributed by atoms with Gasteiger partial charge in [-0.3, -0.25) is 19.1 Å². The van der Waals surface area contributed by atoms with E-state index in [2.05, 4.69) is 16.9 Å². The number of nitrogens with one attached hydrogen (secondary N) is 1. The van der Waals surface area contributed by atoms with Crippen LogP contribution in [0.1, 0.15) is 121 Å². The molecule has 3 amide bonds. The molecule has 7 aromatic rings. The molecule has 26 heteroatoms. The van der Waals surface area contributed by atoms with Crippen LogP contribution in [0.3, 0.4) is 0 Å². The van der Waals surface area contributed by atoms with Crippen molar-refractivity contribution in [2.24, 2.45) is 0 Å². The lowest BCUT2D eigenvalue weighted by atomic mass is 9.89. The first-order valence-electron chi connectivity index (χ1n) is 29.3. The second-order valence-corrected chi connectivity index (χ2v) is 29.0. The fraction of sp³-hybridized carbons (Fsp3) is 0.288. The van der Waals surface area contributed by atoms with Crippen LogP contribution in [0.2, 0.25) is 10.0 Å². The van der Waals surface area contributed by atoms with E-state index in [1.165, 1.54) is 39.8 Å². The summed E-state index contributed by atoms with van der Waals surface area (Å²) >= 11 is 13.3. The molecular formula is C66H61Cl2F3N8O10S3. The Hall–Kier alpha value is -8.65. The average molecular weight is 1350 g/mol. The minimum atomic E-state index is -6.09. The van der Waals surface area contributed by atoms with Gasteiger partial charge in [-0.1, -0.05) is 83.9 Å². The number of alkyl halides is 3. The van der Waals surface area contributed by atoms with Crippen LogP contribution < -0.4 is 18.1 Å². The van der Waals surface area contributed by atoms with Gasteiger partial charge in [0.25, 0.3) is 43.3 Å².